The van der Waals surface area contributed by atoms with E-state index < -0.39 is 10.8 Å². The van der Waals surface area contributed by atoms with Crippen LogP contribution in [-0.4, -0.2) is 41.2 Å². The number of amides is 1. The van der Waals surface area contributed by atoms with Gasteiger partial charge in [0.05, 0.1) is 17.7 Å². The van der Waals surface area contributed by atoms with Crippen LogP contribution >= 0.6 is 0 Å². The van der Waals surface area contributed by atoms with Gasteiger partial charge in [0, 0.05) is 19.2 Å². The van der Waals surface area contributed by atoms with Crippen LogP contribution in [0.5, 0.6) is 5.75 Å². The molecule has 2 rings (SSSR count). The van der Waals surface area contributed by atoms with Crippen molar-refractivity contribution in [1.82, 2.24) is 15.5 Å². The van der Waals surface area contributed by atoms with Gasteiger partial charge in [-0.15, -0.1) is 5.10 Å². The first-order chi connectivity index (χ1) is 11.5. The van der Waals surface area contributed by atoms with Crippen LogP contribution in [0, 0.1) is 17.0 Å². The maximum Gasteiger partial charge on any atom is 0.282 e. The van der Waals surface area contributed by atoms with E-state index in [9.17, 15) is 14.9 Å². The summed E-state index contributed by atoms with van der Waals surface area (Å²) < 4.78 is 5.00. The van der Waals surface area contributed by atoms with Gasteiger partial charge < -0.3 is 15.4 Å². The molecule has 1 aromatic heterocycles. The number of rotatable bonds is 7. The van der Waals surface area contributed by atoms with E-state index in [1.54, 1.807) is 6.07 Å². The Labute approximate surface area is 138 Å². The number of nitro benzene ring substituents is 1. The fourth-order valence-electron chi connectivity index (χ4n) is 1.94. The highest BCUT2D eigenvalue weighted by molar-refractivity contribution is 5.98. The van der Waals surface area contributed by atoms with Crippen LogP contribution in [0.2, 0.25) is 0 Å². The lowest BCUT2D eigenvalue weighted by Crippen LogP contribution is -2.29. The van der Waals surface area contributed by atoms with Crippen molar-refractivity contribution in [3.8, 4) is 5.75 Å². The van der Waals surface area contributed by atoms with Crippen molar-refractivity contribution in [2.45, 2.75) is 6.92 Å². The predicted octanol–water partition coefficient (Wildman–Crippen LogP) is 1.54. The van der Waals surface area contributed by atoms with Gasteiger partial charge in [-0.05, 0) is 31.2 Å². The van der Waals surface area contributed by atoms with E-state index in [4.69, 9.17) is 4.74 Å². The molecule has 1 aromatic carbocycles. The van der Waals surface area contributed by atoms with Gasteiger partial charge in [0.2, 0.25) is 0 Å². The number of benzene rings is 1. The number of nitrogens with zero attached hydrogens (tertiary/aromatic N) is 3. The molecule has 0 spiro atoms. The zero-order valence-corrected chi connectivity index (χ0v) is 13.3. The number of methoxy groups -OCH3 is 1. The van der Waals surface area contributed by atoms with E-state index >= 15 is 0 Å². The Balaban J connectivity index is 1.94. The summed E-state index contributed by atoms with van der Waals surface area (Å²) >= 11 is 0. The summed E-state index contributed by atoms with van der Waals surface area (Å²) in [7, 11) is 1.43. The zero-order valence-electron chi connectivity index (χ0n) is 13.3. The largest absolute Gasteiger partial charge is 0.497 e. The summed E-state index contributed by atoms with van der Waals surface area (Å²) in [4.78, 5) is 22.6. The standard InChI is InChI=1S/C15H17N5O4/c1-10-3-6-14(19-18-10)16-7-8-17-15(21)12-9-11(24-2)4-5-13(12)20(22)23/h3-6,9H,7-8H2,1-2H3,(H,16,19)(H,17,21). The molecule has 1 amide bonds. The average Bonchev–Trinajstić information content (AvgIpc) is 2.59. The van der Waals surface area contributed by atoms with Crippen molar-refractivity contribution in [3.05, 3.63) is 51.7 Å². The Morgan fingerprint density at radius 1 is 1.25 bits per heavy atom. The van der Waals surface area contributed by atoms with Crippen molar-refractivity contribution in [3.63, 3.8) is 0 Å². The Hall–Kier alpha value is -3.23. The van der Waals surface area contributed by atoms with E-state index in [1.807, 2.05) is 13.0 Å². The van der Waals surface area contributed by atoms with Crippen LogP contribution in [0.4, 0.5) is 11.5 Å². The lowest BCUT2D eigenvalue weighted by Gasteiger charge is -2.08. The first-order valence-corrected chi connectivity index (χ1v) is 7.16. The molecule has 0 aliphatic heterocycles. The van der Waals surface area contributed by atoms with Crippen molar-refractivity contribution in [1.29, 1.82) is 0 Å². The lowest BCUT2D eigenvalue weighted by atomic mass is 10.1. The number of hydrogen-bond donors (Lipinski definition) is 2. The highest BCUT2D eigenvalue weighted by atomic mass is 16.6. The predicted molar refractivity (Wildman–Crippen MR) is 87.2 cm³/mol. The van der Waals surface area contributed by atoms with Gasteiger partial charge in [-0.1, -0.05) is 0 Å². The monoisotopic (exact) mass is 331 g/mol. The van der Waals surface area contributed by atoms with E-state index in [1.165, 1.54) is 25.3 Å². The second kappa shape index (κ2) is 7.86. The number of aryl methyl sites for hydroxylation is 1. The van der Waals surface area contributed by atoms with Gasteiger partial charge in [0.1, 0.15) is 17.1 Å². The number of ether oxygens (including phenoxy) is 1. The summed E-state index contributed by atoms with van der Waals surface area (Å²) in [5, 5.41) is 24.5. The molecule has 9 heteroatoms. The van der Waals surface area contributed by atoms with Crippen molar-refractivity contribution in [2.24, 2.45) is 0 Å². The molecule has 0 aliphatic carbocycles. The molecule has 126 valence electrons. The van der Waals surface area contributed by atoms with Crippen LogP contribution < -0.4 is 15.4 Å². The summed E-state index contributed by atoms with van der Waals surface area (Å²) in [5.74, 6) is 0.415. The maximum absolute atomic E-state index is 12.2. The molecule has 0 saturated heterocycles. The second-order valence-corrected chi connectivity index (χ2v) is 4.88. The summed E-state index contributed by atoms with van der Waals surface area (Å²) in [5.41, 5.74) is 0.485. The average molecular weight is 331 g/mol. The molecule has 0 aliphatic rings. The van der Waals surface area contributed by atoms with E-state index in [0.717, 1.165) is 5.69 Å². The van der Waals surface area contributed by atoms with Gasteiger partial charge in [0.15, 0.2) is 0 Å². The number of nitro groups is 1. The fraction of sp³-hybridized carbons (Fsp3) is 0.267. The number of aromatic nitrogens is 2. The Kier molecular flexibility index (Phi) is 5.61. The number of hydrogen-bond acceptors (Lipinski definition) is 7. The number of carbonyl (C=O) groups excluding carboxylic acids is 1. The summed E-state index contributed by atoms with van der Waals surface area (Å²) in [6.07, 6.45) is 0. The Bertz CT molecular complexity index is 733. The second-order valence-electron chi connectivity index (χ2n) is 4.88. The van der Waals surface area contributed by atoms with Gasteiger partial charge in [0.25, 0.3) is 11.6 Å². The number of carbonyl (C=O) groups is 1. The van der Waals surface area contributed by atoms with Crippen LogP contribution in [0.3, 0.4) is 0 Å². The highest BCUT2D eigenvalue weighted by Gasteiger charge is 2.20. The van der Waals surface area contributed by atoms with E-state index in [0.29, 0.717) is 18.1 Å². The molecule has 2 aromatic rings. The van der Waals surface area contributed by atoms with Gasteiger partial charge in [-0.2, -0.15) is 5.10 Å². The third-order valence-corrected chi connectivity index (χ3v) is 3.16. The first-order valence-electron chi connectivity index (χ1n) is 7.16. The molecule has 0 atom stereocenters. The smallest absolute Gasteiger partial charge is 0.282 e. The van der Waals surface area contributed by atoms with Crippen molar-refractivity contribution in [2.75, 3.05) is 25.5 Å². The van der Waals surface area contributed by atoms with E-state index in [-0.39, 0.29) is 17.8 Å². The molecule has 2 N–H and O–H groups in total. The fourth-order valence-corrected chi connectivity index (χ4v) is 1.94. The maximum atomic E-state index is 12.2. The summed E-state index contributed by atoms with van der Waals surface area (Å²) in [6.45, 7) is 2.50. The third kappa shape index (κ3) is 4.38. The molecule has 0 unspecified atom stereocenters. The van der Waals surface area contributed by atoms with E-state index in [2.05, 4.69) is 20.8 Å². The van der Waals surface area contributed by atoms with Crippen LogP contribution in [0.15, 0.2) is 30.3 Å². The molecule has 1 heterocycles. The van der Waals surface area contributed by atoms with Crippen LogP contribution in [0.25, 0.3) is 0 Å². The molecule has 9 nitrogen and oxygen atoms in total. The zero-order chi connectivity index (χ0) is 17.5. The SMILES string of the molecule is COc1ccc([N+](=O)[O-])c(C(=O)NCCNc2ccc(C)nn2)c1. The molecule has 0 saturated carbocycles. The Morgan fingerprint density at radius 2 is 2.04 bits per heavy atom. The number of nitrogens with one attached hydrogen (secondary N) is 2. The van der Waals surface area contributed by atoms with Crippen molar-refractivity contribution >= 4 is 17.4 Å². The minimum absolute atomic E-state index is 0.0468. The van der Waals surface area contributed by atoms with Gasteiger partial charge >= 0.3 is 0 Å². The van der Waals surface area contributed by atoms with Crippen molar-refractivity contribution < 1.29 is 14.5 Å². The molecule has 0 bridgehead atoms. The Morgan fingerprint density at radius 3 is 2.67 bits per heavy atom. The summed E-state index contributed by atoms with van der Waals surface area (Å²) in [6, 6.07) is 7.61. The van der Waals surface area contributed by atoms with Gasteiger partial charge in [-0.25, -0.2) is 0 Å². The normalized spacial score (nSPS) is 10.1. The molecular formula is C15H17N5O4. The molecule has 0 radical (unpaired) electrons. The quantitative estimate of drug-likeness (QED) is 0.448. The molecule has 0 fully saturated rings. The lowest BCUT2D eigenvalue weighted by molar-refractivity contribution is -0.385. The number of anilines is 1. The van der Waals surface area contributed by atoms with Crippen LogP contribution in [-0.2, 0) is 0 Å². The molecular weight excluding hydrogens is 314 g/mol. The topological polar surface area (TPSA) is 119 Å². The molecule has 24 heavy (non-hydrogen) atoms. The highest BCUT2D eigenvalue weighted by Crippen LogP contribution is 2.23. The van der Waals surface area contributed by atoms with Gasteiger partial charge in [-0.3, -0.25) is 14.9 Å². The minimum Gasteiger partial charge on any atom is -0.497 e. The first kappa shape index (κ1) is 17.1. The minimum atomic E-state index is -0.603. The third-order valence-electron chi connectivity index (χ3n) is 3.16. The van der Waals surface area contributed by atoms with Crippen LogP contribution in [0.1, 0.15) is 16.1 Å².